The Morgan fingerprint density at radius 2 is 2.09 bits per heavy atom. The van der Waals surface area contributed by atoms with Crippen LogP contribution in [0.5, 0.6) is 0 Å². The molecule has 0 fully saturated rings. The summed E-state index contributed by atoms with van der Waals surface area (Å²) >= 11 is 0. The van der Waals surface area contributed by atoms with E-state index in [-0.39, 0.29) is 0 Å². The van der Waals surface area contributed by atoms with Gasteiger partial charge in [0.1, 0.15) is 0 Å². The Morgan fingerprint density at radius 3 is 2.55 bits per heavy atom. The van der Waals surface area contributed by atoms with Gasteiger partial charge in [0.25, 0.3) is 0 Å². The third-order valence-corrected chi connectivity index (χ3v) is 1.01. The Kier molecular flexibility index (Phi) is 5.07. The van der Waals surface area contributed by atoms with E-state index in [4.69, 9.17) is 0 Å². The van der Waals surface area contributed by atoms with E-state index in [1.54, 1.807) is 6.08 Å². The highest BCUT2D eigenvalue weighted by atomic mass is 16.5. The minimum absolute atomic E-state index is 0.578. The Labute approximate surface area is 66.0 Å². The molecule has 0 aromatic heterocycles. The van der Waals surface area contributed by atoms with E-state index in [9.17, 15) is 9.59 Å². The van der Waals surface area contributed by atoms with Crippen LogP contribution in [0.3, 0.4) is 0 Å². The van der Waals surface area contributed by atoms with Crippen LogP contribution in [-0.2, 0) is 14.3 Å². The third-order valence-electron chi connectivity index (χ3n) is 1.01. The zero-order valence-corrected chi connectivity index (χ0v) is 6.79. The molecule has 11 heavy (non-hydrogen) atoms. The summed E-state index contributed by atoms with van der Waals surface area (Å²) in [6.07, 6.45) is 4.81. The molecule has 0 N–H and O–H groups in total. The minimum atomic E-state index is -0.808. The second kappa shape index (κ2) is 5.65. The van der Waals surface area contributed by atoms with Gasteiger partial charge in [0.15, 0.2) is 0 Å². The molecule has 0 spiro atoms. The summed E-state index contributed by atoms with van der Waals surface area (Å²) in [5, 5.41) is 0. The average Bonchev–Trinajstić information content (AvgIpc) is 1.97. The van der Waals surface area contributed by atoms with Crippen molar-refractivity contribution in [3.8, 4) is 0 Å². The van der Waals surface area contributed by atoms with E-state index in [2.05, 4.69) is 4.74 Å². The molecule has 0 atom stereocenters. The van der Waals surface area contributed by atoms with Crippen LogP contribution in [0.1, 0.15) is 26.7 Å². The molecule has 0 radical (unpaired) electrons. The molecule has 0 rings (SSSR count). The van der Waals surface area contributed by atoms with Gasteiger partial charge in [-0.3, -0.25) is 4.79 Å². The number of allylic oxidation sites excluding steroid dienone is 1. The molecule has 0 aliphatic heterocycles. The van der Waals surface area contributed by atoms with Crippen LogP contribution in [0.15, 0.2) is 12.3 Å². The summed E-state index contributed by atoms with van der Waals surface area (Å²) in [6, 6.07) is 0. The maximum Gasteiger partial charge on any atom is 0.379 e. The summed E-state index contributed by atoms with van der Waals surface area (Å²) in [4.78, 5) is 20.8. The number of unbranched alkanes of at least 4 members (excludes halogenated alkanes) is 1. The SMILES string of the molecule is CCCC=COC(=O)C(C)=O. The molecule has 0 aliphatic rings. The van der Waals surface area contributed by atoms with Crippen LogP contribution >= 0.6 is 0 Å². The van der Waals surface area contributed by atoms with Gasteiger partial charge in [-0.15, -0.1) is 0 Å². The van der Waals surface area contributed by atoms with Crippen molar-refractivity contribution in [3.63, 3.8) is 0 Å². The van der Waals surface area contributed by atoms with Crippen LogP contribution in [0.2, 0.25) is 0 Å². The lowest BCUT2D eigenvalue weighted by Gasteiger charge is -1.91. The number of hydrogen-bond donors (Lipinski definition) is 0. The molecule has 0 amide bonds. The molecule has 0 aromatic carbocycles. The van der Waals surface area contributed by atoms with E-state index in [0.717, 1.165) is 12.8 Å². The number of ether oxygens (including phenoxy) is 1. The quantitative estimate of drug-likeness (QED) is 0.351. The van der Waals surface area contributed by atoms with E-state index >= 15 is 0 Å². The van der Waals surface area contributed by atoms with Crippen molar-refractivity contribution in [3.05, 3.63) is 12.3 Å². The lowest BCUT2D eigenvalue weighted by molar-refractivity contribution is -0.148. The van der Waals surface area contributed by atoms with Crippen LogP contribution in [0.4, 0.5) is 0 Å². The van der Waals surface area contributed by atoms with Crippen molar-refractivity contribution in [1.29, 1.82) is 0 Å². The first-order chi connectivity index (χ1) is 5.18. The fourth-order valence-electron chi connectivity index (χ4n) is 0.428. The molecule has 0 aromatic rings. The van der Waals surface area contributed by atoms with Crippen molar-refractivity contribution in [2.24, 2.45) is 0 Å². The van der Waals surface area contributed by atoms with Gasteiger partial charge in [-0.2, -0.15) is 0 Å². The minimum Gasteiger partial charge on any atom is -0.429 e. The van der Waals surface area contributed by atoms with Gasteiger partial charge >= 0.3 is 5.97 Å². The lowest BCUT2D eigenvalue weighted by Crippen LogP contribution is -2.09. The second-order valence-electron chi connectivity index (χ2n) is 2.12. The van der Waals surface area contributed by atoms with Gasteiger partial charge < -0.3 is 4.74 Å². The Morgan fingerprint density at radius 1 is 1.45 bits per heavy atom. The first-order valence-electron chi connectivity index (χ1n) is 3.55. The largest absolute Gasteiger partial charge is 0.429 e. The number of carbonyl (C=O) groups excluding carboxylic acids is 2. The predicted octanol–water partition coefficient (Wildman–Crippen LogP) is 1.43. The van der Waals surface area contributed by atoms with Crippen molar-refractivity contribution >= 4 is 11.8 Å². The molecular formula is C8H12O3. The highest BCUT2D eigenvalue weighted by Gasteiger charge is 2.05. The van der Waals surface area contributed by atoms with Crippen LogP contribution in [-0.4, -0.2) is 11.8 Å². The summed E-state index contributed by atoms with van der Waals surface area (Å²) in [6.45, 7) is 3.19. The summed E-state index contributed by atoms with van der Waals surface area (Å²) in [5.74, 6) is -1.39. The number of carbonyl (C=O) groups is 2. The van der Waals surface area contributed by atoms with Gasteiger partial charge in [-0.1, -0.05) is 13.3 Å². The predicted molar refractivity (Wildman–Crippen MR) is 40.8 cm³/mol. The average molecular weight is 156 g/mol. The molecule has 0 unspecified atom stereocenters. The molecule has 3 heteroatoms. The zero-order chi connectivity index (χ0) is 8.69. The molecule has 0 aliphatic carbocycles. The first kappa shape index (κ1) is 9.88. The third kappa shape index (κ3) is 5.33. The highest BCUT2D eigenvalue weighted by Crippen LogP contribution is 1.89. The topological polar surface area (TPSA) is 43.4 Å². The maximum atomic E-state index is 10.5. The fourth-order valence-corrected chi connectivity index (χ4v) is 0.428. The van der Waals surface area contributed by atoms with Crippen LogP contribution in [0.25, 0.3) is 0 Å². The maximum absolute atomic E-state index is 10.5. The van der Waals surface area contributed by atoms with Crippen LogP contribution in [0, 0.1) is 0 Å². The van der Waals surface area contributed by atoms with Crippen molar-refractivity contribution < 1.29 is 14.3 Å². The monoisotopic (exact) mass is 156 g/mol. The highest BCUT2D eigenvalue weighted by molar-refractivity contribution is 6.32. The molecule has 62 valence electrons. The van der Waals surface area contributed by atoms with Crippen molar-refractivity contribution in [1.82, 2.24) is 0 Å². The fraction of sp³-hybridized carbons (Fsp3) is 0.500. The van der Waals surface area contributed by atoms with Gasteiger partial charge in [0.05, 0.1) is 6.26 Å². The number of ketones is 1. The lowest BCUT2D eigenvalue weighted by atomic mass is 10.3. The number of esters is 1. The second-order valence-corrected chi connectivity index (χ2v) is 2.12. The smallest absolute Gasteiger partial charge is 0.379 e. The van der Waals surface area contributed by atoms with Gasteiger partial charge in [0, 0.05) is 6.92 Å². The van der Waals surface area contributed by atoms with Gasteiger partial charge in [0.2, 0.25) is 5.78 Å². The van der Waals surface area contributed by atoms with Crippen LogP contribution < -0.4 is 0 Å². The van der Waals surface area contributed by atoms with E-state index < -0.39 is 11.8 Å². The summed E-state index contributed by atoms with van der Waals surface area (Å²) < 4.78 is 4.44. The molecule has 0 saturated carbocycles. The summed E-state index contributed by atoms with van der Waals surface area (Å²) in [7, 11) is 0. The molecular weight excluding hydrogens is 144 g/mol. The molecule has 0 heterocycles. The van der Waals surface area contributed by atoms with Gasteiger partial charge in [-0.25, -0.2) is 4.79 Å². The normalized spacial score (nSPS) is 10.0. The van der Waals surface area contributed by atoms with Gasteiger partial charge in [-0.05, 0) is 12.5 Å². The van der Waals surface area contributed by atoms with E-state index in [1.807, 2.05) is 6.92 Å². The Bertz CT molecular complexity index is 170. The number of rotatable bonds is 4. The van der Waals surface area contributed by atoms with Crippen molar-refractivity contribution in [2.75, 3.05) is 0 Å². The Balaban J connectivity index is 3.53. The molecule has 3 nitrogen and oxygen atoms in total. The van der Waals surface area contributed by atoms with E-state index in [1.165, 1.54) is 13.2 Å². The zero-order valence-electron chi connectivity index (χ0n) is 6.79. The molecule has 0 bridgehead atoms. The van der Waals surface area contributed by atoms with Crippen molar-refractivity contribution in [2.45, 2.75) is 26.7 Å². The first-order valence-corrected chi connectivity index (χ1v) is 3.55. The Hall–Kier alpha value is -1.12. The number of Topliss-reactive ketones (excluding diaryl/α,β-unsaturated/α-hetero) is 1. The molecule has 0 saturated heterocycles. The standard InChI is InChI=1S/C8H12O3/c1-3-4-5-6-11-8(10)7(2)9/h5-6H,3-4H2,1-2H3. The number of hydrogen-bond acceptors (Lipinski definition) is 3. The summed E-state index contributed by atoms with van der Waals surface area (Å²) in [5.41, 5.74) is 0. The van der Waals surface area contributed by atoms with E-state index in [0.29, 0.717) is 0 Å².